The third-order valence-corrected chi connectivity index (χ3v) is 2.79. The van der Waals surface area contributed by atoms with E-state index in [9.17, 15) is 22.4 Å². The Morgan fingerprint density at radius 2 is 1.91 bits per heavy atom. The van der Waals surface area contributed by atoms with Crippen LogP contribution in [0.1, 0.15) is 17.3 Å². The van der Waals surface area contributed by atoms with Crippen molar-refractivity contribution in [3.05, 3.63) is 48.0 Å². The number of benzene rings is 1. The highest BCUT2D eigenvalue weighted by Crippen LogP contribution is 2.28. The Hall–Kier alpha value is -2.44. The van der Waals surface area contributed by atoms with Crippen LogP contribution in [0.25, 0.3) is 11.1 Å². The third-order valence-electron chi connectivity index (χ3n) is 2.79. The average molecular weight is 313 g/mol. The van der Waals surface area contributed by atoms with Crippen molar-refractivity contribution in [2.24, 2.45) is 0 Å². The Labute approximate surface area is 123 Å². The molecular formula is C15H11F4NO2. The molecule has 7 heteroatoms. The molecule has 0 aliphatic carbocycles. The topological polar surface area (TPSA) is 39.2 Å². The van der Waals surface area contributed by atoms with E-state index in [2.05, 4.69) is 9.72 Å². The van der Waals surface area contributed by atoms with E-state index in [1.165, 1.54) is 37.4 Å². The molecular weight excluding hydrogens is 302 g/mol. The minimum atomic E-state index is -4.50. The highest BCUT2D eigenvalue weighted by molar-refractivity contribution is 5.98. The second-order valence-electron chi connectivity index (χ2n) is 4.56. The first-order valence-electron chi connectivity index (χ1n) is 6.22. The van der Waals surface area contributed by atoms with Crippen molar-refractivity contribution in [1.29, 1.82) is 0 Å². The Morgan fingerprint density at radius 3 is 2.50 bits per heavy atom. The van der Waals surface area contributed by atoms with Crippen LogP contribution in [0.4, 0.5) is 17.6 Å². The molecule has 0 atom stereocenters. The second kappa shape index (κ2) is 6.13. The van der Waals surface area contributed by atoms with Crippen LogP contribution in [0, 0.1) is 5.82 Å². The van der Waals surface area contributed by atoms with Crippen LogP contribution in [0.5, 0.6) is 5.75 Å². The van der Waals surface area contributed by atoms with Gasteiger partial charge in [-0.15, -0.1) is 0 Å². The van der Waals surface area contributed by atoms with Gasteiger partial charge in [-0.2, -0.15) is 13.2 Å². The zero-order chi connectivity index (χ0) is 16.3. The van der Waals surface area contributed by atoms with Gasteiger partial charge in [0.15, 0.2) is 12.4 Å². The minimum absolute atomic E-state index is 0.00832. The summed E-state index contributed by atoms with van der Waals surface area (Å²) >= 11 is 0. The molecule has 1 aromatic heterocycles. The van der Waals surface area contributed by atoms with E-state index < -0.39 is 24.4 Å². The molecule has 1 aromatic carbocycles. The van der Waals surface area contributed by atoms with Gasteiger partial charge in [0.1, 0.15) is 11.6 Å². The molecule has 0 bridgehead atoms. The van der Waals surface area contributed by atoms with Gasteiger partial charge in [-0.05, 0) is 30.7 Å². The van der Waals surface area contributed by atoms with Crippen LogP contribution in [0.2, 0.25) is 0 Å². The van der Waals surface area contributed by atoms with Crippen molar-refractivity contribution in [3.8, 4) is 16.9 Å². The molecule has 0 unspecified atom stereocenters. The lowest BCUT2D eigenvalue weighted by Gasteiger charge is -2.13. The Morgan fingerprint density at radius 1 is 1.18 bits per heavy atom. The van der Waals surface area contributed by atoms with Gasteiger partial charge in [0.2, 0.25) is 0 Å². The predicted octanol–water partition coefficient (Wildman–Crippen LogP) is 4.03. The Bertz CT molecular complexity index is 698. The molecule has 2 rings (SSSR count). The molecule has 0 aliphatic heterocycles. The molecule has 0 saturated heterocycles. The fourth-order valence-electron chi connectivity index (χ4n) is 1.84. The van der Waals surface area contributed by atoms with Crippen molar-refractivity contribution in [3.63, 3.8) is 0 Å². The number of carbonyl (C=O) groups excluding carboxylic acids is 1. The van der Waals surface area contributed by atoms with Gasteiger partial charge in [-0.25, -0.2) is 4.39 Å². The molecule has 0 aliphatic rings. The Kier molecular flexibility index (Phi) is 4.44. The molecule has 3 nitrogen and oxygen atoms in total. The third kappa shape index (κ3) is 4.03. The summed E-state index contributed by atoms with van der Waals surface area (Å²) in [5, 5.41) is 0. The van der Waals surface area contributed by atoms with E-state index >= 15 is 0 Å². The quantitative estimate of drug-likeness (QED) is 0.632. The summed E-state index contributed by atoms with van der Waals surface area (Å²) in [7, 11) is 0. The van der Waals surface area contributed by atoms with E-state index in [4.69, 9.17) is 0 Å². The van der Waals surface area contributed by atoms with Crippen LogP contribution in [-0.4, -0.2) is 23.6 Å². The van der Waals surface area contributed by atoms with Crippen molar-refractivity contribution in [2.45, 2.75) is 13.1 Å². The zero-order valence-electron chi connectivity index (χ0n) is 11.4. The van der Waals surface area contributed by atoms with E-state index in [0.29, 0.717) is 11.1 Å². The zero-order valence-corrected chi connectivity index (χ0v) is 11.4. The average Bonchev–Trinajstić information content (AvgIpc) is 2.44. The predicted molar refractivity (Wildman–Crippen MR) is 71.2 cm³/mol. The van der Waals surface area contributed by atoms with Crippen molar-refractivity contribution < 1.29 is 27.1 Å². The van der Waals surface area contributed by atoms with Gasteiger partial charge >= 0.3 is 6.18 Å². The smallest absolute Gasteiger partial charge is 0.422 e. The lowest BCUT2D eigenvalue weighted by Crippen LogP contribution is -2.20. The maximum atomic E-state index is 13.2. The fraction of sp³-hybridized carbons (Fsp3) is 0.200. The van der Waals surface area contributed by atoms with E-state index in [1.54, 1.807) is 0 Å². The molecule has 2 aromatic rings. The van der Waals surface area contributed by atoms with Gasteiger partial charge in [0.05, 0.1) is 11.8 Å². The molecule has 0 spiro atoms. The fourth-order valence-corrected chi connectivity index (χ4v) is 1.84. The van der Waals surface area contributed by atoms with Gasteiger partial charge in [-0.3, -0.25) is 9.78 Å². The summed E-state index contributed by atoms with van der Waals surface area (Å²) < 4.78 is 54.4. The summed E-state index contributed by atoms with van der Waals surface area (Å²) in [5.41, 5.74) is 0.854. The number of Topliss-reactive ketones (excluding diaryl/α,β-unsaturated/α-hetero) is 1. The normalized spacial score (nSPS) is 11.3. The number of hydrogen-bond acceptors (Lipinski definition) is 3. The Balaban J connectivity index is 2.37. The summed E-state index contributed by atoms with van der Waals surface area (Å²) in [4.78, 5) is 15.3. The van der Waals surface area contributed by atoms with Crippen LogP contribution in [0.3, 0.4) is 0 Å². The molecule has 0 saturated carbocycles. The van der Waals surface area contributed by atoms with Gasteiger partial charge in [-0.1, -0.05) is 6.07 Å². The first kappa shape index (κ1) is 15.9. The van der Waals surface area contributed by atoms with E-state index in [1.807, 2.05) is 0 Å². The highest BCUT2D eigenvalue weighted by Gasteiger charge is 2.29. The number of rotatable bonds is 4. The molecule has 0 N–H and O–H groups in total. The van der Waals surface area contributed by atoms with Crippen LogP contribution >= 0.6 is 0 Å². The first-order chi connectivity index (χ1) is 10.3. The van der Waals surface area contributed by atoms with Crippen LogP contribution in [0.15, 0.2) is 36.7 Å². The standard InChI is InChI=1S/C15H11F4NO2/c1-9(21)13-5-10(11-4-12(16)7-20-6-11)2-3-14(13)22-8-15(17,18)19/h2-7H,8H2,1H3. The lowest BCUT2D eigenvalue weighted by molar-refractivity contribution is -0.153. The maximum Gasteiger partial charge on any atom is 0.422 e. The lowest BCUT2D eigenvalue weighted by atomic mass is 10.0. The number of carbonyl (C=O) groups is 1. The van der Waals surface area contributed by atoms with E-state index in [0.717, 1.165) is 6.20 Å². The molecule has 0 radical (unpaired) electrons. The summed E-state index contributed by atoms with van der Waals surface area (Å²) in [5.74, 6) is -1.18. The largest absolute Gasteiger partial charge is 0.483 e. The number of alkyl halides is 3. The summed E-state index contributed by atoms with van der Waals surface area (Å²) in [6.45, 7) is -0.280. The number of pyridine rings is 1. The molecule has 116 valence electrons. The number of hydrogen-bond donors (Lipinski definition) is 0. The van der Waals surface area contributed by atoms with Crippen molar-refractivity contribution in [2.75, 3.05) is 6.61 Å². The van der Waals surface area contributed by atoms with Crippen molar-refractivity contribution in [1.82, 2.24) is 4.98 Å². The number of ether oxygens (including phenoxy) is 1. The number of ketones is 1. The summed E-state index contributed by atoms with van der Waals surface area (Å²) in [6, 6.07) is 5.25. The SMILES string of the molecule is CC(=O)c1cc(-c2cncc(F)c2)ccc1OCC(F)(F)F. The maximum absolute atomic E-state index is 13.2. The summed E-state index contributed by atoms with van der Waals surface area (Å²) in [6.07, 6.45) is -2.09. The van der Waals surface area contributed by atoms with E-state index in [-0.39, 0.29) is 11.3 Å². The van der Waals surface area contributed by atoms with Gasteiger partial charge in [0.25, 0.3) is 0 Å². The first-order valence-corrected chi connectivity index (χ1v) is 6.22. The molecule has 0 fully saturated rings. The number of aromatic nitrogens is 1. The van der Waals surface area contributed by atoms with Crippen LogP contribution < -0.4 is 4.74 Å². The second-order valence-corrected chi connectivity index (χ2v) is 4.56. The van der Waals surface area contributed by atoms with Gasteiger partial charge < -0.3 is 4.74 Å². The van der Waals surface area contributed by atoms with Crippen LogP contribution in [-0.2, 0) is 0 Å². The molecule has 0 amide bonds. The number of halogens is 4. The number of nitrogens with zero attached hydrogens (tertiary/aromatic N) is 1. The van der Waals surface area contributed by atoms with Gasteiger partial charge in [0, 0.05) is 11.8 Å². The molecule has 1 heterocycles. The monoisotopic (exact) mass is 313 g/mol. The minimum Gasteiger partial charge on any atom is -0.483 e. The highest BCUT2D eigenvalue weighted by atomic mass is 19.4. The van der Waals surface area contributed by atoms with Crippen molar-refractivity contribution >= 4 is 5.78 Å². The molecule has 22 heavy (non-hydrogen) atoms.